The third kappa shape index (κ3) is 3.60. The van der Waals surface area contributed by atoms with Crippen LogP contribution in [0.3, 0.4) is 0 Å². The standard InChI is InChI=1S/C19H27NO4S/c1-4-14-6-7-16(25(3,22)23)10-17(14)18(21)20-9-8-19(13-20)11-15(12-19)24-5-2/h6-7,10,15H,4-5,8-9,11-13H2,1-3H3. The third-order valence-corrected chi connectivity index (χ3v) is 6.68. The highest BCUT2D eigenvalue weighted by Gasteiger charge is 2.49. The lowest BCUT2D eigenvalue weighted by molar-refractivity contribution is -0.0707. The van der Waals surface area contributed by atoms with Gasteiger partial charge in [0.05, 0.1) is 11.0 Å². The summed E-state index contributed by atoms with van der Waals surface area (Å²) in [5.41, 5.74) is 1.64. The Morgan fingerprint density at radius 2 is 2.04 bits per heavy atom. The summed E-state index contributed by atoms with van der Waals surface area (Å²) in [6.07, 6.45) is 5.27. The SMILES string of the molecule is CCOC1CC2(CCN(C(=O)c3cc(S(C)(=O)=O)ccc3CC)C2)C1. The van der Waals surface area contributed by atoms with E-state index in [0.29, 0.717) is 18.1 Å². The van der Waals surface area contributed by atoms with Gasteiger partial charge in [-0.1, -0.05) is 13.0 Å². The number of nitrogens with zero attached hydrogens (tertiary/aromatic N) is 1. The summed E-state index contributed by atoms with van der Waals surface area (Å²) in [5.74, 6) is -0.0425. The Kier molecular flexibility index (Phi) is 4.95. The molecule has 0 atom stereocenters. The molecule has 1 saturated heterocycles. The minimum atomic E-state index is -3.32. The Morgan fingerprint density at radius 3 is 2.64 bits per heavy atom. The number of likely N-dealkylation sites (tertiary alicyclic amines) is 1. The molecule has 0 unspecified atom stereocenters. The Morgan fingerprint density at radius 1 is 1.32 bits per heavy atom. The average Bonchev–Trinajstić information content (AvgIpc) is 2.98. The monoisotopic (exact) mass is 365 g/mol. The van der Waals surface area contributed by atoms with Crippen LogP contribution in [0.4, 0.5) is 0 Å². The number of aryl methyl sites for hydroxylation is 1. The molecule has 1 aliphatic carbocycles. The predicted molar refractivity (Wildman–Crippen MR) is 96.5 cm³/mol. The van der Waals surface area contributed by atoms with Crippen LogP contribution in [0.1, 0.15) is 49.0 Å². The fourth-order valence-electron chi connectivity index (χ4n) is 4.17. The van der Waals surface area contributed by atoms with Gasteiger partial charge in [0.2, 0.25) is 0 Å². The summed E-state index contributed by atoms with van der Waals surface area (Å²) in [6, 6.07) is 4.91. The van der Waals surface area contributed by atoms with E-state index >= 15 is 0 Å². The first kappa shape index (κ1) is 18.4. The van der Waals surface area contributed by atoms with Gasteiger partial charge >= 0.3 is 0 Å². The van der Waals surface area contributed by atoms with Crippen LogP contribution in [0.15, 0.2) is 23.1 Å². The molecule has 0 radical (unpaired) electrons. The highest BCUT2D eigenvalue weighted by Crippen LogP contribution is 2.49. The summed E-state index contributed by atoms with van der Waals surface area (Å²) in [6.45, 7) is 6.22. The number of carbonyl (C=O) groups is 1. The number of sulfone groups is 1. The van der Waals surface area contributed by atoms with Crippen LogP contribution in [0.5, 0.6) is 0 Å². The molecule has 1 aromatic carbocycles. The summed E-state index contributed by atoms with van der Waals surface area (Å²) in [7, 11) is -3.32. The van der Waals surface area contributed by atoms with Crippen molar-refractivity contribution in [1.29, 1.82) is 0 Å². The molecule has 1 saturated carbocycles. The van der Waals surface area contributed by atoms with Gasteiger partial charge in [-0.3, -0.25) is 4.79 Å². The molecule has 3 rings (SSSR count). The number of benzene rings is 1. The number of rotatable bonds is 5. The van der Waals surface area contributed by atoms with Crippen LogP contribution >= 0.6 is 0 Å². The number of hydrogen-bond donors (Lipinski definition) is 0. The average molecular weight is 365 g/mol. The van der Waals surface area contributed by atoms with Crippen LogP contribution < -0.4 is 0 Å². The third-order valence-electron chi connectivity index (χ3n) is 5.57. The number of ether oxygens (including phenoxy) is 1. The molecule has 5 nitrogen and oxygen atoms in total. The van der Waals surface area contributed by atoms with Crippen LogP contribution in [-0.4, -0.2) is 51.3 Å². The molecule has 1 aromatic rings. The molecule has 0 N–H and O–H groups in total. The zero-order chi connectivity index (χ0) is 18.2. The zero-order valence-corrected chi connectivity index (χ0v) is 16.1. The largest absolute Gasteiger partial charge is 0.378 e. The quantitative estimate of drug-likeness (QED) is 0.805. The minimum Gasteiger partial charge on any atom is -0.378 e. The lowest BCUT2D eigenvalue weighted by Gasteiger charge is -2.44. The topological polar surface area (TPSA) is 63.7 Å². The molecule has 2 fully saturated rings. The first-order chi connectivity index (χ1) is 11.8. The lowest BCUT2D eigenvalue weighted by Crippen LogP contribution is -2.45. The Hall–Kier alpha value is -1.40. The van der Waals surface area contributed by atoms with Gasteiger partial charge in [0.15, 0.2) is 9.84 Å². The van der Waals surface area contributed by atoms with Gasteiger partial charge in [-0.05, 0) is 55.7 Å². The van der Waals surface area contributed by atoms with E-state index in [4.69, 9.17) is 4.74 Å². The molecule has 1 spiro atoms. The number of hydrogen-bond acceptors (Lipinski definition) is 4. The van der Waals surface area contributed by atoms with Gasteiger partial charge in [0.1, 0.15) is 0 Å². The van der Waals surface area contributed by atoms with Crippen LogP contribution in [0, 0.1) is 5.41 Å². The number of amides is 1. The van der Waals surface area contributed by atoms with Crippen molar-refractivity contribution in [3.63, 3.8) is 0 Å². The second-order valence-corrected chi connectivity index (χ2v) is 9.42. The minimum absolute atomic E-state index is 0.0425. The highest BCUT2D eigenvalue weighted by atomic mass is 32.2. The smallest absolute Gasteiger partial charge is 0.254 e. The van der Waals surface area contributed by atoms with E-state index in [0.717, 1.165) is 44.5 Å². The predicted octanol–water partition coefficient (Wildman–Crippen LogP) is 2.68. The van der Waals surface area contributed by atoms with Gasteiger partial charge in [-0.25, -0.2) is 8.42 Å². The maximum Gasteiger partial charge on any atom is 0.254 e. The molecule has 0 aromatic heterocycles. The van der Waals surface area contributed by atoms with Crippen LogP contribution in [-0.2, 0) is 21.0 Å². The van der Waals surface area contributed by atoms with Gasteiger partial charge in [-0.2, -0.15) is 0 Å². The van der Waals surface area contributed by atoms with Gasteiger partial charge in [0, 0.05) is 31.5 Å². The molecule has 2 aliphatic rings. The van der Waals surface area contributed by atoms with E-state index < -0.39 is 9.84 Å². The number of carbonyl (C=O) groups excluding carboxylic acids is 1. The second kappa shape index (κ2) is 6.72. The summed E-state index contributed by atoms with van der Waals surface area (Å²) in [4.78, 5) is 15.1. The Labute approximate surface area is 150 Å². The molecule has 1 amide bonds. The summed E-state index contributed by atoms with van der Waals surface area (Å²) >= 11 is 0. The molecule has 138 valence electrons. The Balaban J connectivity index is 1.78. The van der Waals surface area contributed by atoms with Crippen LogP contribution in [0.25, 0.3) is 0 Å². The Bertz CT molecular complexity index is 766. The van der Waals surface area contributed by atoms with Gasteiger partial charge in [0.25, 0.3) is 5.91 Å². The second-order valence-electron chi connectivity index (χ2n) is 7.41. The molecular formula is C19H27NO4S. The van der Waals surface area contributed by atoms with Gasteiger partial charge in [-0.15, -0.1) is 0 Å². The van der Waals surface area contributed by atoms with E-state index in [1.807, 2.05) is 18.7 Å². The molecule has 6 heteroatoms. The van der Waals surface area contributed by atoms with Crippen molar-refractivity contribution in [2.45, 2.75) is 50.5 Å². The van der Waals surface area contributed by atoms with Crippen molar-refractivity contribution < 1.29 is 17.9 Å². The zero-order valence-electron chi connectivity index (χ0n) is 15.2. The molecule has 1 heterocycles. The maximum atomic E-state index is 13.0. The van der Waals surface area contributed by atoms with E-state index in [1.165, 1.54) is 6.26 Å². The summed E-state index contributed by atoms with van der Waals surface area (Å²) in [5, 5.41) is 0. The highest BCUT2D eigenvalue weighted by molar-refractivity contribution is 7.90. The first-order valence-corrected chi connectivity index (χ1v) is 10.9. The molecular weight excluding hydrogens is 338 g/mol. The van der Waals surface area contributed by atoms with E-state index in [-0.39, 0.29) is 16.2 Å². The van der Waals surface area contributed by atoms with Crippen molar-refractivity contribution >= 4 is 15.7 Å². The van der Waals surface area contributed by atoms with E-state index in [9.17, 15) is 13.2 Å². The van der Waals surface area contributed by atoms with Crippen molar-refractivity contribution in [2.24, 2.45) is 5.41 Å². The molecule has 1 aliphatic heterocycles. The van der Waals surface area contributed by atoms with Crippen molar-refractivity contribution in [3.05, 3.63) is 29.3 Å². The lowest BCUT2D eigenvalue weighted by atomic mass is 9.66. The van der Waals surface area contributed by atoms with Gasteiger partial charge < -0.3 is 9.64 Å². The molecule has 25 heavy (non-hydrogen) atoms. The normalized spacial score (nSPS) is 26.0. The van der Waals surface area contributed by atoms with Crippen LogP contribution in [0.2, 0.25) is 0 Å². The maximum absolute atomic E-state index is 13.0. The van der Waals surface area contributed by atoms with Crippen molar-refractivity contribution in [3.8, 4) is 0 Å². The molecule has 0 bridgehead atoms. The fraction of sp³-hybridized carbons (Fsp3) is 0.632. The first-order valence-electron chi connectivity index (χ1n) is 9.02. The fourth-order valence-corrected chi connectivity index (χ4v) is 4.81. The van der Waals surface area contributed by atoms with Crippen molar-refractivity contribution in [1.82, 2.24) is 4.90 Å². The van der Waals surface area contributed by atoms with Crippen molar-refractivity contribution in [2.75, 3.05) is 26.0 Å². The van der Waals surface area contributed by atoms with E-state index in [1.54, 1.807) is 18.2 Å². The summed E-state index contributed by atoms with van der Waals surface area (Å²) < 4.78 is 29.4. The van der Waals surface area contributed by atoms with E-state index in [2.05, 4.69) is 0 Å².